The summed E-state index contributed by atoms with van der Waals surface area (Å²) in [7, 11) is 0. The highest BCUT2D eigenvalue weighted by Gasteiger charge is 2.23. The first-order chi connectivity index (χ1) is 5.27. The summed E-state index contributed by atoms with van der Waals surface area (Å²) >= 11 is 0. The van der Waals surface area contributed by atoms with E-state index in [4.69, 9.17) is 0 Å². The fraction of sp³-hybridized carbons (Fsp3) is 0.889. The average molecular weight is 155 g/mol. The zero-order chi connectivity index (χ0) is 8.27. The van der Waals surface area contributed by atoms with Gasteiger partial charge in [0.15, 0.2) is 0 Å². The van der Waals surface area contributed by atoms with E-state index in [9.17, 15) is 4.79 Å². The molecule has 1 unspecified atom stereocenters. The Morgan fingerprint density at radius 2 is 2.27 bits per heavy atom. The minimum Gasteiger partial charge on any atom is -0.342 e. The predicted molar refractivity (Wildman–Crippen MR) is 45.3 cm³/mol. The number of carbonyl (C=O) groups is 1. The number of amides is 1. The molecule has 1 rings (SSSR count). The molecule has 1 amide bonds. The van der Waals surface area contributed by atoms with E-state index < -0.39 is 0 Å². The van der Waals surface area contributed by atoms with E-state index in [-0.39, 0.29) is 0 Å². The van der Waals surface area contributed by atoms with Crippen LogP contribution in [0.3, 0.4) is 0 Å². The van der Waals surface area contributed by atoms with Crippen LogP contribution >= 0.6 is 0 Å². The lowest BCUT2D eigenvalue weighted by Gasteiger charge is -2.14. The van der Waals surface area contributed by atoms with Crippen LogP contribution in [0.25, 0.3) is 0 Å². The Morgan fingerprint density at radius 3 is 2.73 bits per heavy atom. The highest BCUT2D eigenvalue weighted by molar-refractivity contribution is 5.76. The maximum absolute atomic E-state index is 11.2. The summed E-state index contributed by atoms with van der Waals surface area (Å²) in [4.78, 5) is 13.2. The first-order valence-electron chi connectivity index (χ1n) is 4.55. The van der Waals surface area contributed by atoms with Gasteiger partial charge in [-0.25, -0.2) is 0 Å². The quantitative estimate of drug-likeness (QED) is 0.594. The van der Waals surface area contributed by atoms with Crippen molar-refractivity contribution in [3.8, 4) is 0 Å². The third-order valence-corrected chi connectivity index (χ3v) is 2.52. The van der Waals surface area contributed by atoms with Crippen molar-refractivity contribution < 1.29 is 4.79 Å². The van der Waals surface area contributed by atoms with Gasteiger partial charge in [-0.1, -0.05) is 20.3 Å². The van der Waals surface area contributed by atoms with Crippen LogP contribution < -0.4 is 0 Å². The van der Waals surface area contributed by atoms with Crippen LogP contribution in [0.15, 0.2) is 0 Å². The van der Waals surface area contributed by atoms with Gasteiger partial charge in [-0.2, -0.15) is 0 Å². The highest BCUT2D eigenvalue weighted by atomic mass is 16.2. The number of hydrogen-bond acceptors (Lipinski definition) is 1. The van der Waals surface area contributed by atoms with Crippen LogP contribution in [-0.4, -0.2) is 23.9 Å². The Hall–Kier alpha value is -0.530. The van der Waals surface area contributed by atoms with Gasteiger partial charge < -0.3 is 4.90 Å². The normalized spacial score (nSPS) is 24.2. The number of rotatable bonds is 2. The first-order valence-corrected chi connectivity index (χ1v) is 4.55. The van der Waals surface area contributed by atoms with Gasteiger partial charge in [0.25, 0.3) is 0 Å². The standard InChI is InChI=1S/C9H17NO/c1-3-8-5-6-10(7-8)9(11)4-2/h8H,3-7H2,1-2H3. The Bertz CT molecular complexity index is 144. The van der Waals surface area contributed by atoms with E-state index >= 15 is 0 Å². The molecule has 0 radical (unpaired) electrons. The fourth-order valence-electron chi connectivity index (χ4n) is 1.62. The second kappa shape index (κ2) is 3.74. The monoisotopic (exact) mass is 155 g/mol. The number of carbonyl (C=O) groups excluding carboxylic acids is 1. The SMILES string of the molecule is CCC(=O)N1CCC(CC)C1. The molecule has 64 valence electrons. The molecule has 0 bridgehead atoms. The van der Waals surface area contributed by atoms with Crippen LogP contribution in [0.2, 0.25) is 0 Å². The largest absolute Gasteiger partial charge is 0.342 e. The molecule has 0 saturated carbocycles. The van der Waals surface area contributed by atoms with Crippen LogP contribution in [0, 0.1) is 5.92 Å². The smallest absolute Gasteiger partial charge is 0.222 e. The summed E-state index contributed by atoms with van der Waals surface area (Å²) in [5.74, 6) is 1.09. The van der Waals surface area contributed by atoms with Crippen molar-refractivity contribution in [3.05, 3.63) is 0 Å². The molecule has 1 aliphatic heterocycles. The predicted octanol–water partition coefficient (Wildman–Crippen LogP) is 1.65. The van der Waals surface area contributed by atoms with Gasteiger partial charge in [0.2, 0.25) is 5.91 Å². The van der Waals surface area contributed by atoms with Crippen molar-refractivity contribution in [2.75, 3.05) is 13.1 Å². The van der Waals surface area contributed by atoms with Crippen molar-refractivity contribution in [2.45, 2.75) is 33.1 Å². The van der Waals surface area contributed by atoms with Crippen LogP contribution in [-0.2, 0) is 4.79 Å². The molecule has 1 heterocycles. The van der Waals surface area contributed by atoms with E-state index in [0.717, 1.165) is 19.0 Å². The first kappa shape index (κ1) is 8.57. The zero-order valence-corrected chi connectivity index (χ0v) is 7.47. The summed E-state index contributed by atoms with van der Waals surface area (Å²) in [6.07, 6.45) is 3.09. The highest BCUT2D eigenvalue weighted by Crippen LogP contribution is 2.19. The van der Waals surface area contributed by atoms with Crippen molar-refractivity contribution in [1.29, 1.82) is 0 Å². The van der Waals surface area contributed by atoms with E-state index in [1.54, 1.807) is 0 Å². The average Bonchev–Trinajstić information content (AvgIpc) is 2.50. The van der Waals surface area contributed by atoms with Gasteiger partial charge in [0.1, 0.15) is 0 Å². The van der Waals surface area contributed by atoms with Crippen LogP contribution in [0.4, 0.5) is 0 Å². The Morgan fingerprint density at radius 1 is 1.55 bits per heavy atom. The van der Waals surface area contributed by atoms with Crippen molar-refractivity contribution in [3.63, 3.8) is 0 Å². The molecule has 0 aromatic carbocycles. The lowest BCUT2D eigenvalue weighted by atomic mass is 10.1. The van der Waals surface area contributed by atoms with Gasteiger partial charge >= 0.3 is 0 Å². The summed E-state index contributed by atoms with van der Waals surface area (Å²) in [5.41, 5.74) is 0. The van der Waals surface area contributed by atoms with Crippen molar-refractivity contribution >= 4 is 5.91 Å². The van der Waals surface area contributed by atoms with Crippen LogP contribution in [0.5, 0.6) is 0 Å². The van der Waals surface area contributed by atoms with Gasteiger partial charge in [0, 0.05) is 19.5 Å². The summed E-state index contributed by atoms with van der Waals surface area (Å²) < 4.78 is 0. The minimum absolute atomic E-state index is 0.320. The zero-order valence-electron chi connectivity index (χ0n) is 7.47. The lowest BCUT2D eigenvalue weighted by molar-refractivity contribution is -0.129. The number of hydrogen-bond donors (Lipinski definition) is 0. The van der Waals surface area contributed by atoms with E-state index in [1.807, 2.05) is 11.8 Å². The Labute approximate surface area is 68.6 Å². The number of nitrogens with zero attached hydrogens (tertiary/aromatic N) is 1. The molecule has 0 N–H and O–H groups in total. The topological polar surface area (TPSA) is 20.3 Å². The van der Waals surface area contributed by atoms with Crippen molar-refractivity contribution in [1.82, 2.24) is 4.90 Å². The molecule has 1 saturated heterocycles. The third kappa shape index (κ3) is 1.95. The second-order valence-corrected chi connectivity index (χ2v) is 3.26. The molecule has 1 aliphatic rings. The molecule has 0 aliphatic carbocycles. The summed E-state index contributed by atoms with van der Waals surface area (Å²) in [6.45, 7) is 6.13. The lowest BCUT2D eigenvalue weighted by Crippen LogP contribution is -2.27. The van der Waals surface area contributed by atoms with Gasteiger partial charge in [-0.3, -0.25) is 4.79 Å². The molecule has 1 atom stereocenters. The summed E-state index contributed by atoms with van der Waals surface area (Å²) in [5, 5.41) is 0. The molecule has 0 spiro atoms. The maximum Gasteiger partial charge on any atom is 0.222 e. The van der Waals surface area contributed by atoms with E-state index in [1.165, 1.54) is 12.8 Å². The molecular formula is C9H17NO. The molecule has 1 fully saturated rings. The number of likely N-dealkylation sites (tertiary alicyclic amines) is 1. The second-order valence-electron chi connectivity index (χ2n) is 3.26. The van der Waals surface area contributed by atoms with Crippen LogP contribution in [0.1, 0.15) is 33.1 Å². The van der Waals surface area contributed by atoms with Crippen molar-refractivity contribution in [2.24, 2.45) is 5.92 Å². The summed E-state index contributed by atoms with van der Waals surface area (Å²) in [6, 6.07) is 0. The fourth-order valence-corrected chi connectivity index (χ4v) is 1.62. The molecule has 0 aromatic heterocycles. The molecule has 2 nitrogen and oxygen atoms in total. The Kier molecular flexibility index (Phi) is 2.92. The van der Waals surface area contributed by atoms with E-state index in [2.05, 4.69) is 6.92 Å². The Balaban J connectivity index is 2.35. The van der Waals surface area contributed by atoms with Gasteiger partial charge in [-0.15, -0.1) is 0 Å². The molecule has 11 heavy (non-hydrogen) atoms. The minimum atomic E-state index is 0.320. The van der Waals surface area contributed by atoms with E-state index in [0.29, 0.717) is 12.3 Å². The van der Waals surface area contributed by atoms with Gasteiger partial charge in [-0.05, 0) is 12.3 Å². The molecule has 0 aromatic rings. The third-order valence-electron chi connectivity index (χ3n) is 2.52. The molecule has 2 heteroatoms. The van der Waals surface area contributed by atoms with Gasteiger partial charge in [0.05, 0.1) is 0 Å². The molecular weight excluding hydrogens is 138 g/mol. The maximum atomic E-state index is 11.2.